The van der Waals surface area contributed by atoms with Gasteiger partial charge in [-0.25, -0.2) is 0 Å². The standard InChI is InChI=1S/C14H29NO/c1-11(2)9-12(3)16-10-14(15)13-7-5-4-6-8-13/h11-14H,4-10,15H2,1-3H3. The van der Waals surface area contributed by atoms with E-state index in [1.54, 1.807) is 0 Å². The van der Waals surface area contributed by atoms with Gasteiger partial charge >= 0.3 is 0 Å². The third kappa shape index (κ3) is 5.31. The summed E-state index contributed by atoms with van der Waals surface area (Å²) in [5.74, 6) is 1.42. The van der Waals surface area contributed by atoms with Crippen LogP contribution in [-0.2, 0) is 4.74 Å². The maximum atomic E-state index is 6.20. The van der Waals surface area contributed by atoms with Gasteiger partial charge in [0.15, 0.2) is 0 Å². The topological polar surface area (TPSA) is 35.2 Å². The molecule has 1 aliphatic rings. The molecule has 1 saturated carbocycles. The predicted octanol–water partition coefficient (Wildman–Crippen LogP) is 3.35. The molecular weight excluding hydrogens is 198 g/mol. The highest BCUT2D eigenvalue weighted by Crippen LogP contribution is 2.26. The summed E-state index contributed by atoms with van der Waals surface area (Å²) in [6.07, 6.45) is 8.23. The number of hydrogen-bond donors (Lipinski definition) is 1. The first-order valence-electron chi connectivity index (χ1n) is 6.96. The van der Waals surface area contributed by atoms with Crippen molar-refractivity contribution in [1.29, 1.82) is 0 Å². The van der Waals surface area contributed by atoms with Crippen LogP contribution < -0.4 is 5.73 Å². The highest BCUT2D eigenvalue weighted by molar-refractivity contribution is 4.76. The van der Waals surface area contributed by atoms with Crippen molar-refractivity contribution in [3.63, 3.8) is 0 Å². The van der Waals surface area contributed by atoms with Gasteiger partial charge in [-0.15, -0.1) is 0 Å². The molecule has 1 rings (SSSR count). The summed E-state index contributed by atoms with van der Waals surface area (Å²) >= 11 is 0. The normalized spacial score (nSPS) is 22.3. The molecule has 2 heteroatoms. The Morgan fingerprint density at radius 1 is 1.12 bits per heavy atom. The van der Waals surface area contributed by atoms with Crippen LogP contribution in [0.5, 0.6) is 0 Å². The Morgan fingerprint density at radius 2 is 1.75 bits per heavy atom. The molecule has 1 fully saturated rings. The van der Waals surface area contributed by atoms with E-state index in [1.165, 1.54) is 32.1 Å². The summed E-state index contributed by atoms with van der Waals surface area (Å²) in [7, 11) is 0. The third-order valence-electron chi connectivity index (χ3n) is 3.63. The smallest absolute Gasteiger partial charge is 0.0623 e. The summed E-state index contributed by atoms with van der Waals surface area (Å²) in [6.45, 7) is 7.38. The van der Waals surface area contributed by atoms with Crippen LogP contribution in [0.15, 0.2) is 0 Å². The largest absolute Gasteiger partial charge is 0.377 e. The summed E-state index contributed by atoms with van der Waals surface area (Å²) < 4.78 is 5.84. The Labute approximate surface area is 101 Å². The third-order valence-corrected chi connectivity index (χ3v) is 3.63. The Balaban J connectivity index is 2.15. The van der Waals surface area contributed by atoms with Crippen LogP contribution in [0.25, 0.3) is 0 Å². The van der Waals surface area contributed by atoms with Crippen molar-refractivity contribution in [2.75, 3.05) is 6.61 Å². The molecule has 0 saturated heterocycles. The van der Waals surface area contributed by atoms with Gasteiger partial charge in [0.05, 0.1) is 12.7 Å². The molecule has 1 aliphatic carbocycles. The van der Waals surface area contributed by atoms with Gasteiger partial charge in [0, 0.05) is 6.04 Å². The van der Waals surface area contributed by atoms with E-state index in [0.717, 1.165) is 13.0 Å². The molecule has 16 heavy (non-hydrogen) atoms. The average Bonchev–Trinajstić information content (AvgIpc) is 2.26. The van der Waals surface area contributed by atoms with Crippen molar-refractivity contribution in [2.24, 2.45) is 17.6 Å². The number of nitrogens with two attached hydrogens (primary N) is 1. The van der Waals surface area contributed by atoms with Crippen LogP contribution in [0, 0.1) is 11.8 Å². The zero-order chi connectivity index (χ0) is 12.0. The first kappa shape index (κ1) is 14.0. The number of rotatable bonds is 6. The lowest BCUT2D eigenvalue weighted by atomic mass is 9.84. The number of ether oxygens (including phenoxy) is 1. The van der Waals surface area contributed by atoms with Crippen molar-refractivity contribution < 1.29 is 4.74 Å². The second-order valence-electron chi connectivity index (χ2n) is 5.84. The van der Waals surface area contributed by atoms with Gasteiger partial charge < -0.3 is 10.5 Å². The monoisotopic (exact) mass is 227 g/mol. The molecule has 96 valence electrons. The van der Waals surface area contributed by atoms with E-state index >= 15 is 0 Å². The zero-order valence-electron chi connectivity index (χ0n) is 11.2. The summed E-state index contributed by atoms with van der Waals surface area (Å²) in [4.78, 5) is 0. The fourth-order valence-corrected chi connectivity index (χ4v) is 2.71. The molecule has 2 N–H and O–H groups in total. The maximum absolute atomic E-state index is 6.20. The van der Waals surface area contributed by atoms with E-state index in [4.69, 9.17) is 10.5 Å². The van der Waals surface area contributed by atoms with Crippen LogP contribution >= 0.6 is 0 Å². The molecular formula is C14H29NO. The van der Waals surface area contributed by atoms with Gasteiger partial charge in [-0.1, -0.05) is 33.1 Å². The molecule has 0 aromatic rings. The molecule has 0 aliphatic heterocycles. The zero-order valence-corrected chi connectivity index (χ0v) is 11.2. The van der Waals surface area contributed by atoms with Crippen molar-refractivity contribution in [3.8, 4) is 0 Å². The lowest BCUT2D eigenvalue weighted by Gasteiger charge is -2.28. The van der Waals surface area contributed by atoms with Crippen molar-refractivity contribution in [1.82, 2.24) is 0 Å². The van der Waals surface area contributed by atoms with E-state index in [1.807, 2.05) is 0 Å². The second-order valence-corrected chi connectivity index (χ2v) is 5.84. The van der Waals surface area contributed by atoms with Gasteiger partial charge in [-0.3, -0.25) is 0 Å². The van der Waals surface area contributed by atoms with Gasteiger partial charge in [0.2, 0.25) is 0 Å². The summed E-state index contributed by atoms with van der Waals surface area (Å²) in [5, 5.41) is 0. The van der Waals surface area contributed by atoms with Crippen LogP contribution in [0.2, 0.25) is 0 Å². The highest BCUT2D eigenvalue weighted by Gasteiger charge is 2.21. The first-order chi connectivity index (χ1) is 7.59. The minimum absolute atomic E-state index is 0.259. The highest BCUT2D eigenvalue weighted by atomic mass is 16.5. The molecule has 0 spiro atoms. The Kier molecular flexibility index (Phi) is 6.37. The van der Waals surface area contributed by atoms with Gasteiger partial charge in [-0.05, 0) is 38.0 Å². The van der Waals surface area contributed by atoms with E-state index in [9.17, 15) is 0 Å². The Hall–Kier alpha value is -0.0800. The fourth-order valence-electron chi connectivity index (χ4n) is 2.71. The lowest BCUT2D eigenvalue weighted by Crippen LogP contribution is -2.37. The fraction of sp³-hybridized carbons (Fsp3) is 1.00. The predicted molar refractivity (Wildman–Crippen MR) is 69.4 cm³/mol. The minimum atomic E-state index is 0.259. The molecule has 0 aromatic carbocycles. The molecule has 0 bridgehead atoms. The Morgan fingerprint density at radius 3 is 2.31 bits per heavy atom. The minimum Gasteiger partial charge on any atom is -0.377 e. The van der Waals surface area contributed by atoms with E-state index in [0.29, 0.717) is 17.9 Å². The van der Waals surface area contributed by atoms with Crippen molar-refractivity contribution >= 4 is 0 Å². The maximum Gasteiger partial charge on any atom is 0.0623 e. The van der Waals surface area contributed by atoms with E-state index < -0.39 is 0 Å². The summed E-state index contributed by atoms with van der Waals surface area (Å²) in [6, 6.07) is 0.259. The average molecular weight is 227 g/mol. The molecule has 2 unspecified atom stereocenters. The molecule has 2 atom stereocenters. The Bertz CT molecular complexity index is 176. The van der Waals surface area contributed by atoms with Crippen molar-refractivity contribution in [3.05, 3.63) is 0 Å². The molecule has 0 amide bonds. The lowest BCUT2D eigenvalue weighted by molar-refractivity contribution is 0.0306. The summed E-state index contributed by atoms with van der Waals surface area (Å²) in [5.41, 5.74) is 6.20. The molecule has 2 nitrogen and oxygen atoms in total. The van der Waals surface area contributed by atoms with E-state index in [2.05, 4.69) is 20.8 Å². The van der Waals surface area contributed by atoms with Gasteiger partial charge in [0.25, 0.3) is 0 Å². The van der Waals surface area contributed by atoms with Crippen LogP contribution in [-0.4, -0.2) is 18.8 Å². The quantitative estimate of drug-likeness (QED) is 0.755. The second kappa shape index (κ2) is 7.29. The van der Waals surface area contributed by atoms with E-state index in [-0.39, 0.29) is 6.04 Å². The van der Waals surface area contributed by atoms with Crippen LogP contribution in [0.1, 0.15) is 59.3 Å². The SMILES string of the molecule is CC(C)CC(C)OCC(N)C1CCCCC1. The van der Waals surface area contributed by atoms with Gasteiger partial charge in [-0.2, -0.15) is 0 Å². The molecule has 0 aromatic heterocycles. The first-order valence-corrected chi connectivity index (χ1v) is 6.96. The molecule has 0 radical (unpaired) electrons. The van der Waals surface area contributed by atoms with Crippen molar-refractivity contribution in [2.45, 2.75) is 71.4 Å². The van der Waals surface area contributed by atoms with Crippen LogP contribution in [0.4, 0.5) is 0 Å². The van der Waals surface area contributed by atoms with Gasteiger partial charge in [0.1, 0.15) is 0 Å². The van der Waals surface area contributed by atoms with Crippen LogP contribution in [0.3, 0.4) is 0 Å². The number of hydrogen-bond acceptors (Lipinski definition) is 2. The molecule has 0 heterocycles.